The highest BCUT2D eigenvalue weighted by atomic mass is 16.6. The zero-order valence-corrected chi connectivity index (χ0v) is 40.3. The van der Waals surface area contributed by atoms with Crippen LogP contribution in [0.2, 0.25) is 0 Å². The average Bonchev–Trinajstić information content (AvgIpc) is 4.22. The van der Waals surface area contributed by atoms with Crippen LogP contribution in [0.5, 0.6) is 0 Å². The monoisotopic (exact) mass is 942 g/mol. The van der Waals surface area contributed by atoms with Crippen LogP contribution in [0.25, 0.3) is 0 Å². The molecule has 13 rings (SSSR count). The highest BCUT2D eigenvalue weighted by molar-refractivity contribution is 5.75. The molecule has 18 unspecified atom stereocenters. The third-order valence-electron chi connectivity index (χ3n) is 19.9. The molecule has 1 aromatic rings. The minimum Gasteiger partial charge on any atom is -0.465 e. The summed E-state index contributed by atoms with van der Waals surface area (Å²) in [6.07, 6.45) is 39.5. The molecule has 12 aliphatic rings. The van der Waals surface area contributed by atoms with Crippen molar-refractivity contribution in [3.8, 4) is 0 Å². The van der Waals surface area contributed by atoms with E-state index in [9.17, 15) is 28.8 Å². The summed E-state index contributed by atoms with van der Waals surface area (Å²) >= 11 is 0. The van der Waals surface area contributed by atoms with E-state index in [1.54, 1.807) is 0 Å². The summed E-state index contributed by atoms with van der Waals surface area (Å²) < 4.78 is 21.9. The number of esters is 3. The van der Waals surface area contributed by atoms with Crippen molar-refractivity contribution in [1.82, 2.24) is 13.7 Å². The van der Waals surface area contributed by atoms with Gasteiger partial charge in [0.15, 0.2) is 0 Å². The van der Waals surface area contributed by atoms with Gasteiger partial charge in [0.05, 0.1) is 23.2 Å². The third kappa shape index (κ3) is 8.59. The molecule has 0 amide bonds. The van der Waals surface area contributed by atoms with E-state index < -0.39 is 5.41 Å². The Morgan fingerprint density at radius 2 is 0.667 bits per heavy atom. The quantitative estimate of drug-likeness (QED) is 0.0938. The third-order valence-corrected chi connectivity index (χ3v) is 19.9. The second-order valence-corrected chi connectivity index (χ2v) is 24.1. The molecule has 1 aromatic heterocycles. The number of aromatic nitrogens is 3. The summed E-state index contributed by atoms with van der Waals surface area (Å²) in [6.45, 7) is 3.58. The van der Waals surface area contributed by atoms with Crippen LogP contribution in [0, 0.1) is 112 Å². The molecule has 6 fully saturated rings. The maximum absolute atomic E-state index is 13.6. The molecule has 12 aliphatic carbocycles. The lowest BCUT2D eigenvalue weighted by atomic mass is 9.87. The number of nitrogens with zero attached hydrogens (tertiary/aromatic N) is 3. The summed E-state index contributed by atoms with van der Waals surface area (Å²) in [5.74, 6) is 5.53. The molecule has 12 bridgehead atoms. The molecule has 18 atom stereocenters. The van der Waals surface area contributed by atoms with Gasteiger partial charge in [-0.05, 0) is 172 Å². The first-order chi connectivity index (χ1) is 33.5. The first-order valence-corrected chi connectivity index (χ1v) is 27.0. The van der Waals surface area contributed by atoms with Gasteiger partial charge in [-0.25, -0.2) is 28.1 Å². The Morgan fingerprint density at radius 1 is 0.406 bits per heavy atom. The highest BCUT2D eigenvalue weighted by Gasteiger charge is 2.47. The van der Waals surface area contributed by atoms with Crippen LogP contribution in [0.15, 0.2) is 87.3 Å². The number of rotatable bonds is 16. The Balaban J connectivity index is 0.000000143. The van der Waals surface area contributed by atoms with Gasteiger partial charge in [-0.2, -0.15) is 0 Å². The maximum atomic E-state index is 13.6. The predicted octanol–water partition coefficient (Wildman–Crippen LogP) is 7.46. The number of carbonyl (C=O) groups excluding carboxylic acids is 3. The summed E-state index contributed by atoms with van der Waals surface area (Å²) in [5.41, 5.74) is -1.89. The Kier molecular flexibility index (Phi) is 11.9. The van der Waals surface area contributed by atoms with Crippen molar-refractivity contribution in [3.63, 3.8) is 0 Å². The molecular formula is C57H71N3O9. The molecule has 0 saturated heterocycles. The Hall–Kier alpha value is -4.74. The van der Waals surface area contributed by atoms with Gasteiger partial charge in [0.2, 0.25) is 0 Å². The van der Waals surface area contributed by atoms with E-state index >= 15 is 0 Å². The van der Waals surface area contributed by atoms with Gasteiger partial charge >= 0.3 is 35.0 Å². The fourth-order valence-corrected chi connectivity index (χ4v) is 15.7. The Morgan fingerprint density at radius 3 is 0.870 bits per heavy atom. The van der Waals surface area contributed by atoms with Crippen LogP contribution in [-0.2, 0) is 48.2 Å². The number of carbonyl (C=O) groups is 3. The molecule has 0 aliphatic heterocycles. The second-order valence-electron chi connectivity index (χ2n) is 24.1. The molecule has 0 aromatic carbocycles. The van der Waals surface area contributed by atoms with E-state index in [-0.39, 0.29) is 90.3 Å². The fraction of sp³-hybridized carbons (Fsp3) is 0.684. The van der Waals surface area contributed by atoms with Gasteiger partial charge in [-0.15, -0.1) is 0 Å². The summed E-state index contributed by atoms with van der Waals surface area (Å²) in [6, 6.07) is 0. The first-order valence-electron chi connectivity index (χ1n) is 27.0. The van der Waals surface area contributed by atoms with Crippen molar-refractivity contribution >= 4 is 17.9 Å². The Bertz CT molecular complexity index is 2290. The van der Waals surface area contributed by atoms with Crippen LogP contribution in [-0.4, -0.2) is 51.4 Å². The van der Waals surface area contributed by atoms with Gasteiger partial charge in [0.1, 0.15) is 19.8 Å². The summed E-state index contributed by atoms with van der Waals surface area (Å²) in [4.78, 5) is 79.7. The maximum Gasteiger partial charge on any atom is 0.336 e. The lowest BCUT2D eigenvalue weighted by Crippen LogP contribution is -2.56. The van der Waals surface area contributed by atoms with Gasteiger partial charge in [-0.3, -0.25) is 14.4 Å². The van der Waals surface area contributed by atoms with Crippen molar-refractivity contribution in [2.24, 2.45) is 112 Å². The van der Waals surface area contributed by atoms with E-state index in [2.05, 4.69) is 72.9 Å². The standard InChI is InChI=1S/C30H38O6.C27H33N3O3/c1-2-30(15-34-27(31)24-12-18-3-6-21(24)9-18,16-35-28(32)25-13-19-4-7-22(25)10-19)17-36-29(33)26-14-20-5-8-23(26)11-20;31-25-28(13-22-10-16-1-4-19(22)7-16)26(32)30(15-24-12-18-3-6-21(24)9-18)27(33)29(25)14-23-11-17-2-5-20(23)8-17/h3-8,18-26H,2,9-17H2,1H3;1-6,16-24H,7-15H2. The van der Waals surface area contributed by atoms with Crippen molar-refractivity contribution in [2.45, 2.75) is 110 Å². The molecule has 0 radical (unpaired) electrons. The van der Waals surface area contributed by atoms with Crippen molar-refractivity contribution in [3.05, 3.63) is 104 Å². The van der Waals surface area contributed by atoms with Crippen LogP contribution in [0.4, 0.5) is 0 Å². The van der Waals surface area contributed by atoms with Crippen LogP contribution in [0.3, 0.4) is 0 Å². The molecule has 69 heavy (non-hydrogen) atoms. The first kappa shape index (κ1) is 45.4. The lowest BCUT2D eigenvalue weighted by Gasteiger charge is -2.33. The number of hydrogen-bond donors (Lipinski definition) is 0. The van der Waals surface area contributed by atoms with E-state index in [0.717, 1.165) is 77.0 Å². The molecule has 6 saturated carbocycles. The van der Waals surface area contributed by atoms with E-state index in [1.165, 1.54) is 13.7 Å². The van der Waals surface area contributed by atoms with Crippen LogP contribution < -0.4 is 17.1 Å². The predicted molar refractivity (Wildman–Crippen MR) is 258 cm³/mol. The van der Waals surface area contributed by atoms with Crippen molar-refractivity contribution in [2.75, 3.05) is 19.8 Å². The second kappa shape index (κ2) is 18.1. The van der Waals surface area contributed by atoms with Gasteiger partial charge < -0.3 is 14.2 Å². The van der Waals surface area contributed by atoms with E-state index in [0.29, 0.717) is 97.1 Å². The van der Waals surface area contributed by atoms with Crippen molar-refractivity contribution < 1.29 is 28.6 Å². The number of allylic oxidation sites excluding steroid dienone is 12. The zero-order valence-electron chi connectivity index (χ0n) is 40.3. The molecule has 0 N–H and O–H groups in total. The van der Waals surface area contributed by atoms with Crippen molar-refractivity contribution in [1.29, 1.82) is 0 Å². The summed E-state index contributed by atoms with van der Waals surface area (Å²) in [7, 11) is 0. The number of fused-ring (bicyclic) bond motifs is 12. The average molecular weight is 942 g/mol. The minimum atomic E-state index is -0.741. The molecule has 12 heteroatoms. The Labute approximate surface area is 405 Å². The van der Waals surface area contributed by atoms with Gasteiger partial charge in [0, 0.05) is 19.6 Å². The lowest BCUT2D eigenvalue weighted by molar-refractivity contribution is -0.168. The molecule has 0 spiro atoms. The molecule has 12 nitrogen and oxygen atoms in total. The van der Waals surface area contributed by atoms with E-state index in [4.69, 9.17) is 14.2 Å². The minimum absolute atomic E-state index is 0.0910. The summed E-state index contributed by atoms with van der Waals surface area (Å²) in [5, 5.41) is 0. The number of hydrogen-bond acceptors (Lipinski definition) is 9. The normalized spacial score (nSPS) is 40.7. The largest absolute Gasteiger partial charge is 0.465 e. The topological polar surface area (TPSA) is 145 Å². The molecule has 368 valence electrons. The van der Waals surface area contributed by atoms with Crippen LogP contribution in [0.1, 0.15) is 90.4 Å². The van der Waals surface area contributed by atoms with Gasteiger partial charge in [-0.1, -0.05) is 79.8 Å². The fourth-order valence-electron chi connectivity index (χ4n) is 15.7. The zero-order chi connectivity index (χ0) is 47.1. The molecular weight excluding hydrogens is 871 g/mol. The smallest absolute Gasteiger partial charge is 0.336 e. The van der Waals surface area contributed by atoms with Crippen LogP contribution >= 0.6 is 0 Å². The van der Waals surface area contributed by atoms with E-state index in [1.807, 2.05) is 6.92 Å². The highest BCUT2D eigenvalue weighted by Crippen LogP contribution is 2.49. The van der Waals surface area contributed by atoms with Gasteiger partial charge in [0.25, 0.3) is 0 Å². The molecule has 1 heterocycles. The SMILES string of the molecule is CCC(COC(=O)C1CC2C=CC1C2)(COC(=O)C1CC2C=CC1C2)COC(=O)C1CC2C=CC1C2.O=c1n(CC2CC3C=CC2C3)c(=O)n(CC2CC3C=CC2C3)c(=O)n1CC1CC2C=CC1C2. The number of ether oxygens (including phenoxy) is 3.